The summed E-state index contributed by atoms with van der Waals surface area (Å²) in [5.74, 6) is -5.54. The number of carboxylic acid groups (broad SMARTS) is 4. The maximum atomic E-state index is 13.9. The Kier molecular flexibility index (Phi) is 14.5. The molecule has 52 heavy (non-hydrogen) atoms. The van der Waals surface area contributed by atoms with E-state index in [0.29, 0.717) is 24.3 Å². The molecule has 14 nitrogen and oxygen atoms in total. The summed E-state index contributed by atoms with van der Waals surface area (Å²) in [5, 5.41) is 40.5. The first-order valence-corrected chi connectivity index (χ1v) is 17.4. The number of fused-ring (bicyclic) bond motifs is 1. The number of nitrogens with zero attached hydrogens (tertiary/aromatic N) is 2. The molecule has 0 spiro atoms. The number of carbonyl (C=O) groups is 5. The van der Waals surface area contributed by atoms with Gasteiger partial charge in [-0.05, 0) is 124 Å². The minimum atomic E-state index is -1.82. The molecule has 6 rings (SSSR count). The predicted octanol–water partition coefficient (Wildman–Crippen LogP) is 4.77. The number of aromatic hydroxyl groups is 1. The van der Waals surface area contributed by atoms with Gasteiger partial charge < -0.3 is 35.0 Å². The third-order valence-electron chi connectivity index (χ3n) is 8.25. The second-order valence-corrected chi connectivity index (χ2v) is 12.9. The molecule has 0 unspecified atom stereocenters. The van der Waals surface area contributed by atoms with Crippen LogP contribution in [0.1, 0.15) is 41.6 Å². The number of thiophene rings is 1. The molecule has 2 aliphatic rings. The second-order valence-electron chi connectivity index (χ2n) is 11.9. The zero-order chi connectivity index (χ0) is 37.6. The Morgan fingerprint density at radius 1 is 0.615 bits per heavy atom. The van der Waals surface area contributed by atoms with E-state index in [0.717, 1.165) is 71.3 Å². The van der Waals surface area contributed by atoms with Crippen LogP contribution >= 0.6 is 11.3 Å². The lowest BCUT2D eigenvalue weighted by Crippen LogP contribution is -2.25. The van der Waals surface area contributed by atoms with Crippen LogP contribution in [-0.2, 0) is 19.2 Å². The van der Waals surface area contributed by atoms with Gasteiger partial charge in [0.1, 0.15) is 30.5 Å². The molecule has 2 aliphatic heterocycles. The Bertz CT molecular complexity index is 1800. The lowest BCUT2D eigenvalue weighted by Gasteiger charge is -2.15. The molecule has 4 aromatic rings. The van der Waals surface area contributed by atoms with Gasteiger partial charge in [0.05, 0.1) is 0 Å². The Morgan fingerprint density at radius 3 is 1.50 bits per heavy atom. The molecule has 3 aromatic carbocycles. The molecule has 2 saturated heterocycles. The van der Waals surface area contributed by atoms with E-state index in [4.69, 9.17) is 49.1 Å². The van der Waals surface area contributed by atoms with Crippen LogP contribution in [0.25, 0.3) is 20.5 Å². The normalized spacial score (nSPS) is 14.1. The number of hydrogen-bond acceptors (Lipinski definition) is 11. The zero-order valence-electron chi connectivity index (χ0n) is 28.2. The van der Waals surface area contributed by atoms with Crippen LogP contribution in [-0.4, -0.2) is 117 Å². The zero-order valence-corrected chi connectivity index (χ0v) is 29.0. The fourth-order valence-corrected chi connectivity index (χ4v) is 6.90. The standard InChI is InChI=1S/C33H36N2O4S.2C2H2O4/c36-26-9-14-29-30(23-26)40-33(25-7-12-28(13-8-25)39-22-20-35-17-3-4-18-35)31(29)32(37)24-5-10-27(11-6-24)38-21-19-34-15-1-2-16-34;2*3-1(4)2(5)6/h5-14,23,36H,1-4,15-22H2;2*(H,3,4)(H,5,6). The number of aliphatic carboxylic acids is 4. The van der Waals surface area contributed by atoms with Crippen LogP contribution in [0.5, 0.6) is 17.2 Å². The van der Waals surface area contributed by atoms with Crippen LogP contribution in [0.4, 0.5) is 0 Å². The maximum Gasteiger partial charge on any atom is 0.414 e. The predicted molar refractivity (Wildman–Crippen MR) is 192 cm³/mol. The molecule has 5 N–H and O–H groups in total. The summed E-state index contributed by atoms with van der Waals surface area (Å²) in [4.78, 5) is 56.0. The quantitative estimate of drug-likeness (QED) is 0.104. The van der Waals surface area contributed by atoms with Crippen molar-refractivity contribution in [3.63, 3.8) is 0 Å². The number of carboxylic acids is 4. The minimum absolute atomic E-state index is 0.0403. The molecule has 2 fully saturated rings. The van der Waals surface area contributed by atoms with Gasteiger partial charge in [0.25, 0.3) is 0 Å². The van der Waals surface area contributed by atoms with E-state index < -0.39 is 23.9 Å². The lowest BCUT2D eigenvalue weighted by atomic mass is 9.97. The fourth-order valence-electron chi connectivity index (χ4n) is 5.66. The summed E-state index contributed by atoms with van der Waals surface area (Å²) < 4.78 is 12.8. The third-order valence-corrected chi connectivity index (χ3v) is 9.45. The molecule has 0 atom stereocenters. The van der Waals surface area contributed by atoms with E-state index >= 15 is 0 Å². The van der Waals surface area contributed by atoms with Crippen molar-refractivity contribution in [1.29, 1.82) is 0 Å². The number of carbonyl (C=O) groups excluding carboxylic acids is 1. The van der Waals surface area contributed by atoms with E-state index in [2.05, 4.69) is 9.80 Å². The van der Waals surface area contributed by atoms with E-state index in [1.54, 1.807) is 12.1 Å². The van der Waals surface area contributed by atoms with Crippen LogP contribution in [0.2, 0.25) is 0 Å². The fraction of sp³-hybridized carbons (Fsp3) is 0.324. The Labute approximate surface area is 303 Å². The van der Waals surface area contributed by atoms with Gasteiger partial charge in [0, 0.05) is 39.2 Å². The van der Waals surface area contributed by atoms with Crippen LogP contribution in [0.3, 0.4) is 0 Å². The summed E-state index contributed by atoms with van der Waals surface area (Å²) in [7, 11) is 0. The Hall–Kier alpha value is -5.51. The number of likely N-dealkylation sites (tertiary alicyclic amines) is 2. The van der Waals surface area contributed by atoms with E-state index in [1.807, 2.05) is 54.6 Å². The topological polar surface area (TPSA) is 211 Å². The molecule has 3 heterocycles. The SMILES string of the molecule is O=C(O)C(=O)O.O=C(O)C(=O)O.O=C(c1ccc(OCCN2CCCC2)cc1)c1c(-c2ccc(OCCN3CCCC3)cc2)sc2cc(O)ccc12. The summed E-state index contributed by atoms with van der Waals surface area (Å²) in [5.41, 5.74) is 2.23. The van der Waals surface area contributed by atoms with Crippen LogP contribution in [0.15, 0.2) is 66.7 Å². The summed E-state index contributed by atoms with van der Waals surface area (Å²) in [6, 6.07) is 20.6. The first-order valence-electron chi connectivity index (χ1n) is 16.6. The van der Waals surface area contributed by atoms with Gasteiger partial charge in [-0.1, -0.05) is 0 Å². The van der Waals surface area contributed by atoms with Crippen molar-refractivity contribution in [1.82, 2.24) is 9.80 Å². The van der Waals surface area contributed by atoms with Gasteiger partial charge in [-0.2, -0.15) is 0 Å². The monoisotopic (exact) mass is 736 g/mol. The molecule has 15 heteroatoms. The molecular weight excluding hydrogens is 696 g/mol. The van der Waals surface area contributed by atoms with E-state index in [-0.39, 0.29) is 11.5 Å². The highest BCUT2D eigenvalue weighted by Crippen LogP contribution is 2.41. The molecule has 0 radical (unpaired) electrons. The summed E-state index contributed by atoms with van der Waals surface area (Å²) >= 11 is 1.52. The molecule has 0 amide bonds. The highest BCUT2D eigenvalue weighted by Gasteiger charge is 2.22. The molecular formula is C37H40N2O12S. The van der Waals surface area contributed by atoms with Crippen molar-refractivity contribution in [2.45, 2.75) is 25.7 Å². The minimum Gasteiger partial charge on any atom is -0.508 e. The summed E-state index contributed by atoms with van der Waals surface area (Å²) in [6.07, 6.45) is 5.10. The largest absolute Gasteiger partial charge is 0.508 e. The van der Waals surface area contributed by atoms with E-state index in [9.17, 15) is 9.90 Å². The molecule has 0 bridgehead atoms. The lowest BCUT2D eigenvalue weighted by molar-refractivity contribution is -0.159. The maximum absolute atomic E-state index is 13.9. The number of hydrogen-bond donors (Lipinski definition) is 5. The highest BCUT2D eigenvalue weighted by molar-refractivity contribution is 7.22. The van der Waals surface area contributed by atoms with Gasteiger partial charge in [-0.3, -0.25) is 14.6 Å². The number of phenols is 1. The molecule has 276 valence electrons. The van der Waals surface area contributed by atoms with Gasteiger partial charge in [0.15, 0.2) is 5.78 Å². The average molecular weight is 737 g/mol. The van der Waals surface area contributed by atoms with Gasteiger partial charge in [-0.15, -0.1) is 11.3 Å². The third kappa shape index (κ3) is 11.5. The summed E-state index contributed by atoms with van der Waals surface area (Å²) in [6.45, 7) is 7.82. The van der Waals surface area contributed by atoms with Crippen molar-refractivity contribution < 1.29 is 59.0 Å². The Morgan fingerprint density at radius 2 is 1.06 bits per heavy atom. The number of ketones is 1. The van der Waals surface area contributed by atoms with Crippen molar-refractivity contribution in [2.24, 2.45) is 0 Å². The van der Waals surface area contributed by atoms with Crippen LogP contribution < -0.4 is 9.47 Å². The molecule has 1 aromatic heterocycles. The van der Waals surface area contributed by atoms with Crippen LogP contribution in [0, 0.1) is 0 Å². The van der Waals surface area contributed by atoms with Gasteiger partial charge >= 0.3 is 23.9 Å². The highest BCUT2D eigenvalue weighted by atomic mass is 32.1. The van der Waals surface area contributed by atoms with Crippen molar-refractivity contribution >= 4 is 51.1 Å². The van der Waals surface area contributed by atoms with E-state index in [1.165, 1.54) is 37.0 Å². The molecule has 0 aliphatic carbocycles. The second kappa shape index (κ2) is 19.2. The van der Waals surface area contributed by atoms with Crippen molar-refractivity contribution in [3.05, 3.63) is 77.9 Å². The Balaban J connectivity index is 0.000000436. The number of ether oxygens (including phenoxy) is 2. The first-order chi connectivity index (χ1) is 24.9. The first kappa shape index (κ1) is 39.3. The van der Waals surface area contributed by atoms with Crippen molar-refractivity contribution in [3.8, 4) is 27.7 Å². The number of rotatable bonds is 11. The van der Waals surface area contributed by atoms with Gasteiger partial charge in [0.2, 0.25) is 0 Å². The number of phenolic OH excluding ortho intramolecular Hbond substituents is 1. The average Bonchev–Trinajstić information content (AvgIpc) is 3.91. The number of benzene rings is 3. The molecule has 0 saturated carbocycles. The van der Waals surface area contributed by atoms with Crippen molar-refractivity contribution in [2.75, 3.05) is 52.5 Å². The van der Waals surface area contributed by atoms with Gasteiger partial charge in [-0.25, -0.2) is 19.2 Å². The smallest absolute Gasteiger partial charge is 0.414 e.